The first-order valence-electron chi connectivity index (χ1n) is 12.0. The summed E-state index contributed by atoms with van der Waals surface area (Å²) in [6.45, 7) is 5.14. The zero-order chi connectivity index (χ0) is 26.9. The number of ether oxygens (including phenoxy) is 1. The van der Waals surface area contributed by atoms with Crippen LogP contribution < -0.4 is 15.0 Å². The van der Waals surface area contributed by atoms with E-state index in [2.05, 4.69) is 5.32 Å². The van der Waals surface area contributed by atoms with E-state index in [9.17, 15) is 14.4 Å². The highest BCUT2D eigenvalue weighted by Gasteiger charge is 2.25. The largest absolute Gasteiger partial charge is 0.493 e. The molecule has 0 aliphatic carbocycles. The van der Waals surface area contributed by atoms with Crippen molar-refractivity contribution in [3.8, 4) is 16.2 Å². The van der Waals surface area contributed by atoms with Crippen LogP contribution in [0, 0.1) is 5.92 Å². The van der Waals surface area contributed by atoms with Crippen LogP contribution in [-0.2, 0) is 6.42 Å². The van der Waals surface area contributed by atoms with Crippen LogP contribution in [-0.4, -0.2) is 56.9 Å². The summed E-state index contributed by atoms with van der Waals surface area (Å²) in [6, 6.07) is 12.3. The van der Waals surface area contributed by atoms with Crippen LogP contribution in [0.5, 0.6) is 5.75 Å². The van der Waals surface area contributed by atoms with Crippen molar-refractivity contribution >= 4 is 46.3 Å². The second-order valence-corrected chi connectivity index (χ2v) is 11.1. The number of thiophene rings is 1. The molecule has 0 radical (unpaired) electrons. The molecule has 0 unspecified atom stereocenters. The minimum Gasteiger partial charge on any atom is -0.493 e. The molecular formula is C28H30ClN3O4S. The van der Waals surface area contributed by atoms with Gasteiger partial charge in [0.05, 0.1) is 22.2 Å². The Bertz CT molecular complexity index is 1370. The number of rotatable bonds is 6. The van der Waals surface area contributed by atoms with Gasteiger partial charge in [-0.05, 0) is 53.9 Å². The summed E-state index contributed by atoms with van der Waals surface area (Å²) < 4.78 is 5.97. The smallest absolute Gasteiger partial charge is 0.268 e. The molecule has 3 amide bonds. The lowest BCUT2D eigenvalue weighted by molar-refractivity contribution is 0.0827. The summed E-state index contributed by atoms with van der Waals surface area (Å²) in [5, 5.41) is 3.26. The van der Waals surface area contributed by atoms with Gasteiger partial charge >= 0.3 is 0 Å². The van der Waals surface area contributed by atoms with Crippen molar-refractivity contribution in [1.82, 2.24) is 10.2 Å². The molecule has 194 valence electrons. The standard InChI is InChI=1S/C28H30ClN3O4S/c1-16(2)15-30-26(33)18-6-8-20-23(13-18)36-11-10-17-14-24(37-25(17)20)28(35)32(5)22-9-7-19(12-21(22)29)27(34)31(3)4/h6-9,12-14,16H,10-11,15H2,1-5H3,(H,30,33). The summed E-state index contributed by atoms with van der Waals surface area (Å²) in [4.78, 5) is 42.7. The van der Waals surface area contributed by atoms with Crippen molar-refractivity contribution in [2.24, 2.45) is 5.92 Å². The first-order chi connectivity index (χ1) is 17.6. The molecule has 1 aromatic heterocycles. The van der Waals surface area contributed by atoms with E-state index >= 15 is 0 Å². The van der Waals surface area contributed by atoms with Gasteiger partial charge in [-0.25, -0.2) is 0 Å². The molecule has 2 aromatic carbocycles. The zero-order valence-corrected chi connectivity index (χ0v) is 23.1. The van der Waals surface area contributed by atoms with Crippen LogP contribution in [0.2, 0.25) is 5.02 Å². The number of amides is 3. The maximum atomic E-state index is 13.4. The molecule has 37 heavy (non-hydrogen) atoms. The van der Waals surface area contributed by atoms with E-state index in [0.717, 1.165) is 16.0 Å². The predicted octanol–water partition coefficient (Wildman–Crippen LogP) is 5.37. The fourth-order valence-electron chi connectivity index (χ4n) is 4.03. The number of nitrogens with one attached hydrogen (secondary N) is 1. The molecule has 1 aliphatic heterocycles. The fraction of sp³-hybridized carbons (Fsp3) is 0.321. The number of anilines is 1. The van der Waals surface area contributed by atoms with Gasteiger partial charge in [0.1, 0.15) is 5.75 Å². The second-order valence-electron chi connectivity index (χ2n) is 9.61. The Morgan fingerprint density at radius 1 is 1.03 bits per heavy atom. The van der Waals surface area contributed by atoms with Crippen LogP contribution in [0.15, 0.2) is 42.5 Å². The highest BCUT2D eigenvalue weighted by Crippen LogP contribution is 2.42. The molecule has 2 heterocycles. The summed E-state index contributed by atoms with van der Waals surface area (Å²) >= 11 is 7.86. The number of hydrogen-bond donors (Lipinski definition) is 1. The van der Waals surface area contributed by atoms with Crippen LogP contribution in [0.1, 0.15) is 49.8 Å². The SMILES string of the molecule is CC(C)CNC(=O)c1ccc2c(c1)OCCc1cc(C(=O)N(C)c3ccc(C(=O)N(C)C)cc3Cl)sc1-2. The Labute approximate surface area is 226 Å². The van der Waals surface area contributed by atoms with E-state index in [-0.39, 0.29) is 17.7 Å². The highest BCUT2D eigenvalue weighted by molar-refractivity contribution is 7.17. The molecule has 4 rings (SSSR count). The molecule has 1 aliphatic rings. The third kappa shape index (κ3) is 5.65. The molecule has 0 saturated heterocycles. The molecule has 0 fully saturated rings. The van der Waals surface area contributed by atoms with Crippen molar-refractivity contribution in [2.45, 2.75) is 20.3 Å². The average Bonchev–Trinajstić information content (AvgIpc) is 3.21. The minimum atomic E-state index is -0.196. The second kappa shape index (κ2) is 10.9. The molecule has 7 nitrogen and oxygen atoms in total. The Kier molecular flexibility index (Phi) is 7.90. The number of benzene rings is 2. The average molecular weight is 540 g/mol. The summed E-state index contributed by atoms with van der Waals surface area (Å²) in [7, 11) is 5.01. The maximum Gasteiger partial charge on any atom is 0.268 e. The van der Waals surface area contributed by atoms with E-state index in [4.69, 9.17) is 16.3 Å². The number of nitrogens with zero attached hydrogens (tertiary/aromatic N) is 2. The van der Waals surface area contributed by atoms with Gasteiger partial charge in [0.25, 0.3) is 17.7 Å². The van der Waals surface area contributed by atoms with Gasteiger partial charge in [-0.3, -0.25) is 14.4 Å². The Morgan fingerprint density at radius 3 is 2.43 bits per heavy atom. The van der Waals surface area contributed by atoms with Gasteiger partial charge in [-0.15, -0.1) is 11.3 Å². The molecular weight excluding hydrogens is 510 g/mol. The Morgan fingerprint density at radius 2 is 1.76 bits per heavy atom. The van der Waals surface area contributed by atoms with E-state index in [1.165, 1.54) is 21.1 Å². The number of carbonyl (C=O) groups excluding carboxylic acids is 3. The molecule has 9 heteroatoms. The van der Waals surface area contributed by atoms with Gasteiger partial charge in [0.2, 0.25) is 0 Å². The lowest BCUT2D eigenvalue weighted by atomic mass is 10.0. The van der Waals surface area contributed by atoms with Gasteiger partial charge in [0.15, 0.2) is 0 Å². The summed E-state index contributed by atoms with van der Waals surface area (Å²) in [6.07, 6.45) is 0.647. The lowest BCUT2D eigenvalue weighted by Gasteiger charge is -2.19. The predicted molar refractivity (Wildman–Crippen MR) is 148 cm³/mol. The first kappa shape index (κ1) is 26.7. The molecule has 0 atom stereocenters. The van der Waals surface area contributed by atoms with E-state index in [1.807, 2.05) is 26.0 Å². The molecule has 0 spiro atoms. The van der Waals surface area contributed by atoms with Crippen molar-refractivity contribution < 1.29 is 19.1 Å². The van der Waals surface area contributed by atoms with Crippen molar-refractivity contribution in [2.75, 3.05) is 39.2 Å². The van der Waals surface area contributed by atoms with Gasteiger partial charge in [0, 0.05) is 55.7 Å². The lowest BCUT2D eigenvalue weighted by Crippen LogP contribution is -2.27. The van der Waals surface area contributed by atoms with Gasteiger partial charge in [-0.1, -0.05) is 25.4 Å². The molecule has 3 aromatic rings. The van der Waals surface area contributed by atoms with Crippen LogP contribution >= 0.6 is 22.9 Å². The third-order valence-electron chi connectivity index (χ3n) is 6.07. The monoisotopic (exact) mass is 539 g/mol. The van der Waals surface area contributed by atoms with Gasteiger partial charge in [-0.2, -0.15) is 0 Å². The van der Waals surface area contributed by atoms with Crippen LogP contribution in [0.4, 0.5) is 5.69 Å². The minimum absolute atomic E-state index is 0.136. The Balaban J connectivity index is 1.60. The van der Waals surface area contributed by atoms with Crippen LogP contribution in [0.3, 0.4) is 0 Å². The summed E-state index contributed by atoms with van der Waals surface area (Å²) in [5.74, 6) is 0.500. The zero-order valence-electron chi connectivity index (χ0n) is 21.6. The number of hydrogen-bond acceptors (Lipinski definition) is 5. The normalized spacial score (nSPS) is 12.2. The molecule has 0 bridgehead atoms. The number of carbonyl (C=O) groups is 3. The quantitative estimate of drug-likeness (QED) is 0.457. The van der Waals surface area contributed by atoms with E-state index < -0.39 is 0 Å². The number of fused-ring (bicyclic) bond motifs is 3. The topological polar surface area (TPSA) is 79.0 Å². The number of halogens is 1. The third-order valence-corrected chi connectivity index (χ3v) is 7.58. The Hall–Kier alpha value is -3.36. The first-order valence-corrected chi connectivity index (χ1v) is 13.2. The van der Waals surface area contributed by atoms with Crippen molar-refractivity contribution in [3.63, 3.8) is 0 Å². The molecule has 1 N–H and O–H groups in total. The maximum absolute atomic E-state index is 13.4. The fourth-order valence-corrected chi connectivity index (χ4v) is 5.56. The van der Waals surface area contributed by atoms with E-state index in [0.29, 0.717) is 58.0 Å². The van der Waals surface area contributed by atoms with Crippen molar-refractivity contribution in [1.29, 1.82) is 0 Å². The van der Waals surface area contributed by atoms with Crippen molar-refractivity contribution in [3.05, 3.63) is 69.1 Å². The van der Waals surface area contributed by atoms with Crippen LogP contribution in [0.25, 0.3) is 10.4 Å². The summed E-state index contributed by atoms with van der Waals surface area (Å²) in [5.41, 5.74) is 3.41. The molecule has 0 saturated carbocycles. The highest BCUT2D eigenvalue weighted by atomic mass is 35.5. The van der Waals surface area contributed by atoms with Gasteiger partial charge < -0.3 is 19.9 Å². The van der Waals surface area contributed by atoms with E-state index in [1.54, 1.807) is 51.5 Å².